The van der Waals surface area contributed by atoms with Gasteiger partial charge in [0.2, 0.25) is 0 Å². The maximum Gasteiger partial charge on any atom is 0.160 e. The monoisotopic (exact) mass is 298 g/mol. The van der Waals surface area contributed by atoms with E-state index in [2.05, 4.69) is 31.8 Å². The summed E-state index contributed by atoms with van der Waals surface area (Å²) in [5.41, 5.74) is 5.88. The van der Waals surface area contributed by atoms with Crippen molar-refractivity contribution in [2.75, 3.05) is 6.61 Å². The fourth-order valence-electron chi connectivity index (χ4n) is 3.16. The molecule has 1 aromatic carbocycles. The molecule has 1 aliphatic heterocycles. The number of fused-ring (bicyclic) bond motifs is 1. The van der Waals surface area contributed by atoms with Crippen LogP contribution in [0, 0.1) is 13.8 Å². The van der Waals surface area contributed by atoms with E-state index in [1.165, 1.54) is 0 Å². The second kappa shape index (κ2) is 5.06. The third kappa shape index (κ3) is 2.37. The topological polar surface area (TPSA) is 55.0 Å². The number of carbonyl (C=O) groups excluding carboxylic acids is 1. The Hall–Kier alpha value is -1.94. The molecule has 0 saturated carbocycles. The second-order valence-corrected chi connectivity index (χ2v) is 6.83. The van der Waals surface area contributed by atoms with E-state index in [0.29, 0.717) is 13.2 Å². The molecule has 0 bridgehead atoms. The number of hydrogen-bond acceptors (Lipinski definition) is 3. The van der Waals surface area contributed by atoms with Crippen molar-refractivity contribution in [2.24, 2.45) is 0 Å². The van der Waals surface area contributed by atoms with Gasteiger partial charge in [-0.05, 0) is 38.0 Å². The summed E-state index contributed by atoms with van der Waals surface area (Å²) in [5, 5.41) is 0. The number of aryl methyl sites for hydroxylation is 2. The molecule has 0 unspecified atom stereocenters. The van der Waals surface area contributed by atoms with Crippen molar-refractivity contribution in [3.8, 4) is 11.4 Å². The van der Waals surface area contributed by atoms with Gasteiger partial charge >= 0.3 is 0 Å². The Bertz CT molecular complexity index is 757. The molecule has 22 heavy (non-hydrogen) atoms. The van der Waals surface area contributed by atoms with Crippen LogP contribution in [0.25, 0.3) is 11.4 Å². The molecule has 0 saturated heterocycles. The molecule has 1 aromatic heterocycles. The molecule has 1 aliphatic rings. The van der Waals surface area contributed by atoms with Gasteiger partial charge < -0.3 is 9.72 Å². The quantitative estimate of drug-likeness (QED) is 0.860. The van der Waals surface area contributed by atoms with Crippen molar-refractivity contribution in [1.29, 1.82) is 0 Å². The maximum absolute atomic E-state index is 11.8. The van der Waals surface area contributed by atoms with E-state index in [1.807, 2.05) is 13.0 Å². The van der Waals surface area contributed by atoms with Gasteiger partial charge in [0.05, 0.1) is 24.6 Å². The minimum Gasteiger partial charge on any atom is -0.374 e. The zero-order valence-electron chi connectivity index (χ0n) is 13.8. The van der Waals surface area contributed by atoms with E-state index in [9.17, 15) is 4.79 Å². The number of nitrogens with one attached hydrogen (secondary N) is 1. The number of H-pyrrole nitrogens is 1. The molecule has 0 fully saturated rings. The summed E-state index contributed by atoms with van der Waals surface area (Å²) < 4.78 is 5.65. The molecule has 2 aromatic rings. The van der Waals surface area contributed by atoms with Crippen LogP contribution >= 0.6 is 0 Å². The van der Waals surface area contributed by atoms with Crippen LogP contribution in [0.15, 0.2) is 12.1 Å². The Labute approximate surface area is 130 Å². The Balaban J connectivity index is 2.15. The average molecular weight is 298 g/mol. The number of nitrogens with zero attached hydrogens (tertiary/aromatic N) is 1. The van der Waals surface area contributed by atoms with Crippen LogP contribution < -0.4 is 0 Å². The average Bonchev–Trinajstić information content (AvgIpc) is 2.83. The number of Topliss-reactive ketones (excluding diaryl/α,β-unsaturated/α-hetero) is 1. The van der Waals surface area contributed by atoms with E-state index < -0.39 is 0 Å². The van der Waals surface area contributed by atoms with E-state index in [1.54, 1.807) is 6.92 Å². The highest BCUT2D eigenvalue weighted by molar-refractivity contribution is 5.96. The van der Waals surface area contributed by atoms with Crippen LogP contribution in [0.1, 0.15) is 53.6 Å². The predicted octanol–water partition coefficient (Wildman–Crippen LogP) is 3.70. The number of rotatable bonds is 2. The lowest BCUT2D eigenvalue weighted by Crippen LogP contribution is -2.30. The summed E-state index contributed by atoms with van der Waals surface area (Å²) >= 11 is 0. The molecule has 0 atom stereocenters. The van der Waals surface area contributed by atoms with E-state index in [-0.39, 0.29) is 11.2 Å². The van der Waals surface area contributed by atoms with Crippen molar-refractivity contribution in [2.45, 2.75) is 46.6 Å². The maximum atomic E-state index is 11.8. The Morgan fingerprint density at radius 3 is 2.64 bits per heavy atom. The first kappa shape index (κ1) is 15.0. The van der Waals surface area contributed by atoms with Gasteiger partial charge in [-0.1, -0.05) is 19.9 Å². The van der Waals surface area contributed by atoms with Crippen molar-refractivity contribution in [3.63, 3.8) is 0 Å². The molecule has 0 spiro atoms. The lowest BCUT2D eigenvalue weighted by molar-refractivity contribution is 0.0605. The number of carbonyl (C=O) groups is 1. The summed E-state index contributed by atoms with van der Waals surface area (Å²) in [7, 11) is 0. The minimum absolute atomic E-state index is 0.0822. The number of aromatic amines is 1. The smallest absolute Gasteiger partial charge is 0.160 e. The molecule has 0 aliphatic carbocycles. The lowest BCUT2D eigenvalue weighted by atomic mass is 9.87. The summed E-state index contributed by atoms with van der Waals surface area (Å²) in [6.45, 7) is 11.1. The number of benzene rings is 1. The standard InChI is InChI=1S/C18H22N2O2/c1-10-6-11(2)14(7-13(10)12(3)21)17-19-15-8-22-9-18(4,5)16(15)20-17/h6-7H,8-9H2,1-5H3,(H,19,20). The van der Waals surface area contributed by atoms with Crippen LogP contribution in [0.2, 0.25) is 0 Å². The predicted molar refractivity (Wildman–Crippen MR) is 86.2 cm³/mol. The number of hydrogen-bond donors (Lipinski definition) is 1. The fourth-order valence-corrected chi connectivity index (χ4v) is 3.16. The van der Waals surface area contributed by atoms with Crippen LogP contribution in [-0.4, -0.2) is 22.4 Å². The number of ether oxygens (including phenoxy) is 1. The van der Waals surface area contributed by atoms with Gasteiger partial charge in [0, 0.05) is 16.5 Å². The fraction of sp³-hybridized carbons (Fsp3) is 0.444. The van der Waals surface area contributed by atoms with E-state index >= 15 is 0 Å². The Kier molecular flexibility index (Phi) is 3.44. The van der Waals surface area contributed by atoms with Crippen LogP contribution in [0.3, 0.4) is 0 Å². The summed E-state index contributed by atoms with van der Waals surface area (Å²) in [6.07, 6.45) is 0. The van der Waals surface area contributed by atoms with Crippen molar-refractivity contribution in [1.82, 2.24) is 9.97 Å². The second-order valence-electron chi connectivity index (χ2n) is 6.83. The highest BCUT2D eigenvalue weighted by Crippen LogP contribution is 2.33. The molecule has 4 nitrogen and oxygen atoms in total. The van der Waals surface area contributed by atoms with Gasteiger partial charge in [-0.15, -0.1) is 0 Å². The highest BCUT2D eigenvalue weighted by Gasteiger charge is 2.32. The molecule has 0 amide bonds. The Morgan fingerprint density at radius 2 is 2.00 bits per heavy atom. The van der Waals surface area contributed by atoms with Gasteiger partial charge in [-0.2, -0.15) is 0 Å². The SMILES string of the molecule is CC(=O)c1cc(-c2nc3c([nH]2)COCC3(C)C)c(C)cc1C. The summed E-state index contributed by atoms with van der Waals surface area (Å²) in [6, 6.07) is 4.00. The van der Waals surface area contributed by atoms with Gasteiger partial charge in [0.25, 0.3) is 0 Å². The Morgan fingerprint density at radius 1 is 1.27 bits per heavy atom. The molecule has 116 valence electrons. The minimum atomic E-state index is -0.0929. The molecule has 2 heterocycles. The van der Waals surface area contributed by atoms with Gasteiger partial charge in [0.15, 0.2) is 5.78 Å². The molecule has 1 N–H and O–H groups in total. The first-order chi connectivity index (χ1) is 10.3. The zero-order valence-corrected chi connectivity index (χ0v) is 13.8. The van der Waals surface area contributed by atoms with Crippen LogP contribution in [0.5, 0.6) is 0 Å². The molecular formula is C18H22N2O2. The third-order valence-electron chi connectivity index (χ3n) is 4.33. The van der Waals surface area contributed by atoms with Crippen LogP contribution in [-0.2, 0) is 16.8 Å². The summed E-state index contributed by atoms with van der Waals surface area (Å²) in [4.78, 5) is 20.0. The summed E-state index contributed by atoms with van der Waals surface area (Å²) in [5.74, 6) is 0.905. The normalized spacial score (nSPS) is 16.4. The first-order valence-corrected chi connectivity index (χ1v) is 7.59. The highest BCUT2D eigenvalue weighted by atomic mass is 16.5. The number of ketones is 1. The van der Waals surface area contributed by atoms with Gasteiger partial charge in [0.1, 0.15) is 5.82 Å². The molecular weight excluding hydrogens is 276 g/mol. The lowest BCUT2D eigenvalue weighted by Gasteiger charge is -2.27. The van der Waals surface area contributed by atoms with Crippen LogP contribution in [0.4, 0.5) is 0 Å². The zero-order chi connectivity index (χ0) is 16.1. The van der Waals surface area contributed by atoms with Gasteiger partial charge in [-0.3, -0.25) is 4.79 Å². The van der Waals surface area contributed by atoms with Crippen molar-refractivity contribution >= 4 is 5.78 Å². The van der Waals surface area contributed by atoms with Gasteiger partial charge in [-0.25, -0.2) is 4.98 Å². The largest absolute Gasteiger partial charge is 0.374 e. The van der Waals surface area contributed by atoms with E-state index in [0.717, 1.165) is 39.5 Å². The molecule has 4 heteroatoms. The van der Waals surface area contributed by atoms with Crippen molar-refractivity contribution < 1.29 is 9.53 Å². The number of imidazole rings is 1. The third-order valence-corrected chi connectivity index (χ3v) is 4.33. The first-order valence-electron chi connectivity index (χ1n) is 7.59. The van der Waals surface area contributed by atoms with E-state index in [4.69, 9.17) is 9.72 Å². The number of aromatic nitrogens is 2. The molecule has 0 radical (unpaired) electrons. The molecule has 3 rings (SSSR count). The van der Waals surface area contributed by atoms with Crippen molar-refractivity contribution in [3.05, 3.63) is 40.2 Å².